The van der Waals surface area contributed by atoms with Crippen LogP contribution in [0.4, 0.5) is 0 Å². The molecule has 0 heterocycles. The van der Waals surface area contributed by atoms with E-state index in [1.807, 2.05) is 0 Å². The second kappa shape index (κ2) is 5.72. The predicted octanol–water partition coefficient (Wildman–Crippen LogP) is 0.0578. The number of benzene rings is 1. The normalized spacial score (nSPS) is 9.44. The van der Waals surface area contributed by atoms with E-state index >= 15 is 0 Å². The van der Waals surface area contributed by atoms with Gasteiger partial charge in [-0.05, 0) is 18.2 Å². The summed E-state index contributed by atoms with van der Waals surface area (Å²) < 4.78 is 10.1. The van der Waals surface area contributed by atoms with Crippen LogP contribution in [0.3, 0.4) is 0 Å². The summed E-state index contributed by atoms with van der Waals surface area (Å²) in [5.74, 6) is -0.751. The van der Waals surface area contributed by atoms with Crippen LogP contribution in [0.25, 0.3) is 6.08 Å². The van der Waals surface area contributed by atoms with Crippen molar-refractivity contribution in [1.29, 1.82) is 0 Å². The smallest absolute Gasteiger partial charge is 0.254 e. The number of hydrogen-bond donors (Lipinski definition) is 2. The number of amides is 2. The Balaban J connectivity index is 3.28. The van der Waals surface area contributed by atoms with Gasteiger partial charge in [0, 0.05) is 11.6 Å². The molecule has 6 nitrogen and oxygen atoms in total. The minimum atomic E-state index is -0.889. The van der Waals surface area contributed by atoms with Crippen LogP contribution < -0.4 is 20.9 Å². The van der Waals surface area contributed by atoms with Crippen LogP contribution in [0.1, 0.15) is 5.56 Å². The third-order valence-corrected chi connectivity index (χ3v) is 2.27. The van der Waals surface area contributed by atoms with Gasteiger partial charge in [-0.3, -0.25) is 9.59 Å². The molecule has 0 fully saturated rings. The van der Waals surface area contributed by atoms with Gasteiger partial charge in [0.1, 0.15) is 17.1 Å². The quantitative estimate of drug-likeness (QED) is 0.438. The maximum Gasteiger partial charge on any atom is 0.254 e. The summed E-state index contributed by atoms with van der Waals surface area (Å²) in [7, 11) is 2.98. The van der Waals surface area contributed by atoms with E-state index < -0.39 is 11.8 Å². The van der Waals surface area contributed by atoms with E-state index in [0.29, 0.717) is 17.1 Å². The highest BCUT2D eigenvalue weighted by Gasteiger charge is 2.13. The number of hydrogen-bond acceptors (Lipinski definition) is 4. The molecule has 4 N–H and O–H groups in total. The first kappa shape index (κ1) is 13.6. The summed E-state index contributed by atoms with van der Waals surface area (Å²) in [5.41, 5.74) is 10.3. The predicted molar refractivity (Wildman–Crippen MR) is 65.9 cm³/mol. The monoisotopic (exact) mass is 250 g/mol. The highest BCUT2D eigenvalue weighted by Crippen LogP contribution is 2.26. The lowest BCUT2D eigenvalue weighted by Crippen LogP contribution is -2.25. The van der Waals surface area contributed by atoms with Gasteiger partial charge >= 0.3 is 0 Å². The molecule has 0 aliphatic carbocycles. The van der Waals surface area contributed by atoms with Gasteiger partial charge in [-0.15, -0.1) is 0 Å². The molecule has 1 aromatic rings. The van der Waals surface area contributed by atoms with Crippen molar-refractivity contribution in [3.8, 4) is 11.5 Å². The molecule has 0 atom stereocenters. The van der Waals surface area contributed by atoms with E-state index in [1.165, 1.54) is 20.3 Å². The average Bonchev–Trinajstić information content (AvgIpc) is 2.34. The van der Waals surface area contributed by atoms with Gasteiger partial charge in [0.2, 0.25) is 0 Å². The van der Waals surface area contributed by atoms with E-state index in [2.05, 4.69) is 0 Å². The second-order valence-electron chi connectivity index (χ2n) is 3.39. The molecule has 0 radical (unpaired) electrons. The number of carbonyl (C=O) groups is 2. The molecule has 0 saturated heterocycles. The largest absolute Gasteiger partial charge is 0.497 e. The molecule has 18 heavy (non-hydrogen) atoms. The van der Waals surface area contributed by atoms with Crippen LogP contribution in [0.15, 0.2) is 23.8 Å². The van der Waals surface area contributed by atoms with Gasteiger partial charge in [-0.2, -0.15) is 0 Å². The summed E-state index contributed by atoms with van der Waals surface area (Å²) in [6.45, 7) is 0. The van der Waals surface area contributed by atoms with Crippen molar-refractivity contribution in [3.05, 3.63) is 29.3 Å². The Morgan fingerprint density at radius 2 is 1.72 bits per heavy atom. The summed E-state index contributed by atoms with van der Waals surface area (Å²) in [6.07, 6.45) is 1.28. The molecule has 0 aliphatic rings. The van der Waals surface area contributed by atoms with Crippen molar-refractivity contribution in [2.75, 3.05) is 14.2 Å². The van der Waals surface area contributed by atoms with Gasteiger partial charge in [0.25, 0.3) is 11.8 Å². The number of primary amides is 2. The Morgan fingerprint density at radius 3 is 2.17 bits per heavy atom. The summed E-state index contributed by atoms with van der Waals surface area (Å²) in [6, 6.07) is 4.91. The minimum absolute atomic E-state index is 0.293. The molecule has 1 aromatic carbocycles. The van der Waals surface area contributed by atoms with Gasteiger partial charge in [-0.1, -0.05) is 0 Å². The van der Waals surface area contributed by atoms with Crippen LogP contribution in [0.5, 0.6) is 11.5 Å². The fourth-order valence-electron chi connectivity index (χ4n) is 1.36. The Labute approximate surface area is 104 Å². The van der Waals surface area contributed by atoms with Crippen molar-refractivity contribution < 1.29 is 19.1 Å². The highest BCUT2D eigenvalue weighted by molar-refractivity contribution is 6.20. The van der Waals surface area contributed by atoms with E-state index in [9.17, 15) is 9.59 Å². The fourth-order valence-corrected chi connectivity index (χ4v) is 1.36. The third-order valence-electron chi connectivity index (χ3n) is 2.27. The molecular weight excluding hydrogens is 236 g/mol. The molecule has 0 unspecified atom stereocenters. The SMILES string of the molecule is COc1ccc(C=C(C(N)=O)C(N)=O)c(OC)c1. The standard InChI is InChI=1S/C12H14N2O4/c1-17-8-4-3-7(10(6-8)18-2)5-9(11(13)15)12(14)16/h3-6H,1-2H3,(H2,13,15)(H2,14,16). The molecule has 0 aromatic heterocycles. The zero-order valence-corrected chi connectivity index (χ0v) is 10.1. The zero-order chi connectivity index (χ0) is 13.7. The summed E-state index contributed by atoms with van der Waals surface area (Å²) in [5, 5.41) is 0. The van der Waals surface area contributed by atoms with E-state index in [0.717, 1.165) is 0 Å². The van der Waals surface area contributed by atoms with Crippen LogP contribution >= 0.6 is 0 Å². The molecule has 0 saturated carbocycles. The maximum atomic E-state index is 11.1. The summed E-state index contributed by atoms with van der Waals surface area (Å²) >= 11 is 0. The van der Waals surface area contributed by atoms with Gasteiger partial charge < -0.3 is 20.9 Å². The van der Waals surface area contributed by atoms with Gasteiger partial charge in [0.05, 0.1) is 14.2 Å². The molecule has 1 rings (SSSR count). The molecular formula is C12H14N2O4. The number of rotatable bonds is 5. The molecule has 0 aliphatic heterocycles. The zero-order valence-electron chi connectivity index (χ0n) is 10.1. The second-order valence-corrected chi connectivity index (χ2v) is 3.39. The topological polar surface area (TPSA) is 105 Å². The Bertz CT molecular complexity index is 493. The van der Waals surface area contributed by atoms with Gasteiger partial charge in [0.15, 0.2) is 0 Å². The lowest BCUT2D eigenvalue weighted by molar-refractivity contribution is -0.120. The molecule has 2 amide bonds. The first-order valence-corrected chi connectivity index (χ1v) is 5.03. The van der Waals surface area contributed by atoms with Crippen LogP contribution in [0, 0.1) is 0 Å². The van der Waals surface area contributed by atoms with Gasteiger partial charge in [-0.25, -0.2) is 0 Å². The number of carbonyl (C=O) groups excluding carboxylic acids is 2. The van der Waals surface area contributed by atoms with Crippen LogP contribution in [-0.2, 0) is 9.59 Å². The van der Waals surface area contributed by atoms with Crippen molar-refractivity contribution in [2.45, 2.75) is 0 Å². The van der Waals surface area contributed by atoms with Crippen molar-refractivity contribution in [2.24, 2.45) is 11.5 Å². The fraction of sp³-hybridized carbons (Fsp3) is 0.167. The Hall–Kier alpha value is -2.50. The van der Waals surface area contributed by atoms with Crippen molar-refractivity contribution >= 4 is 17.9 Å². The first-order chi connectivity index (χ1) is 8.49. The number of nitrogens with two attached hydrogens (primary N) is 2. The molecule has 0 bridgehead atoms. The Kier molecular flexibility index (Phi) is 4.31. The minimum Gasteiger partial charge on any atom is -0.497 e. The first-order valence-electron chi connectivity index (χ1n) is 5.03. The Morgan fingerprint density at radius 1 is 1.11 bits per heavy atom. The van der Waals surface area contributed by atoms with Crippen LogP contribution in [-0.4, -0.2) is 26.0 Å². The van der Waals surface area contributed by atoms with E-state index in [-0.39, 0.29) is 5.57 Å². The molecule has 6 heteroatoms. The molecule has 96 valence electrons. The van der Waals surface area contributed by atoms with Crippen molar-refractivity contribution in [3.63, 3.8) is 0 Å². The van der Waals surface area contributed by atoms with E-state index in [1.54, 1.807) is 18.2 Å². The van der Waals surface area contributed by atoms with Crippen LogP contribution in [0.2, 0.25) is 0 Å². The summed E-state index contributed by atoms with van der Waals surface area (Å²) in [4.78, 5) is 22.1. The highest BCUT2D eigenvalue weighted by atomic mass is 16.5. The molecule has 0 spiro atoms. The van der Waals surface area contributed by atoms with Crippen molar-refractivity contribution in [1.82, 2.24) is 0 Å². The average molecular weight is 250 g/mol. The number of methoxy groups -OCH3 is 2. The number of ether oxygens (including phenoxy) is 2. The maximum absolute atomic E-state index is 11.1. The van der Waals surface area contributed by atoms with E-state index in [4.69, 9.17) is 20.9 Å². The lowest BCUT2D eigenvalue weighted by Gasteiger charge is -2.08. The third kappa shape index (κ3) is 3.00. The lowest BCUT2D eigenvalue weighted by atomic mass is 10.1.